The van der Waals surface area contributed by atoms with Crippen LogP contribution in [-0.2, 0) is 24.0 Å². The Labute approximate surface area is 219 Å². The minimum atomic E-state index is -1.26. The molecule has 2 unspecified atom stereocenters. The van der Waals surface area contributed by atoms with Gasteiger partial charge in [0.05, 0.1) is 0 Å². The predicted molar refractivity (Wildman–Crippen MR) is 137 cm³/mol. The van der Waals surface area contributed by atoms with Crippen molar-refractivity contribution >= 4 is 24.1 Å². The molecule has 3 N–H and O–H groups in total. The Hall–Kier alpha value is -2.42. The van der Waals surface area contributed by atoms with Crippen LogP contribution in [0.2, 0.25) is 0 Å². The van der Waals surface area contributed by atoms with Crippen molar-refractivity contribution in [2.45, 2.75) is 90.3 Å². The van der Waals surface area contributed by atoms with E-state index in [0.717, 1.165) is 69.4 Å². The van der Waals surface area contributed by atoms with Gasteiger partial charge in [0.1, 0.15) is 18.0 Å². The summed E-state index contributed by atoms with van der Waals surface area (Å²) < 4.78 is 5.99. The lowest BCUT2D eigenvalue weighted by atomic mass is 9.45. The molecule has 37 heavy (non-hydrogen) atoms. The van der Waals surface area contributed by atoms with E-state index in [-0.39, 0.29) is 17.6 Å². The molecule has 5 rings (SSSR count). The third-order valence-electron chi connectivity index (χ3n) is 10.2. The van der Waals surface area contributed by atoms with E-state index in [0.29, 0.717) is 29.3 Å². The molecule has 1 saturated heterocycles. The van der Waals surface area contributed by atoms with Crippen molar-refractivity contribution in [3.8, 4) is 0 Å². The van der Waals surface area contributed by atoms with Gasteiger partial charge in [-0.15, -0.1) is 0 Å². The average Bonchev–Trinajstić information content (AvgIpc) is 3.49. The maximum Gasteiger partial charge on any atom is 0.328 e. The number of fused-ring (bicyclic) bond motifs is 5. The number of aliphatic carboxylic acids is 2. The molecule has 0 aromatic heterocycles. The van der Waals surface area contributed by atoms with Crippen molar-refractivity contribution < 1.29 is 34.2 Å². The summed E-state index contributed by atoms with van der Waals surface area (Å²) in [5.74, 6) is 1.01. The first-order valence-corrected chi connectivity index (χ1v) is 13.8. The normalized spacial score (nSPS) is 40.9. The number of nitrogens with one attached hydrogen (secondary N) is 1. The fraction of sp³-hybridized carbons (Fsp3) is 0.786. The molecule has 9 nitrogen and oxygen atoms in total. The first-order valence-electron chi connectivity index (χ1n) is 13.8. The standard InChI is InChI=1S/C24H38N2O3.C4H4O4/c1-23-10-7-17(28-15-26-29-18-9-12-25-14-18)13-16(23)3-4-19-20-5-6-22(27)24(20,2)11-8-21(19)23;5-3(6)1-2-4(7)8/h15-21,25H,3-14H2,1-2H3;1-2H,(H,5,6)(H,7,8)/b26-15-;2-1+/t16?,17?,18-,19+,20+,21+,23+,24+;/m1./s1. The fourth-order valence-electron chi connectivity index (χ4n) is 8.20. The molecule has 0 spiro atoms. The number of carboxylic acid groups (broad SMARTS) is 2. The van der Waals surface area contributed by atoms with E-state index in [9.17, 15) is 14.4 Å². The van der Waals surface area contributed by atoms with Gasteiger partial charge in [-0.2, -0.15) is 0 Å². The number of nitrogens with zero attached hydrogens (tertiary/aromatic N) is 1. The smallest absolute Gasteiger partial charge is 0.328 e. The summed E-state index contributed by atoms with van der Waals surface area (Å²) in [6.45, 7) is 6.75. The number of Topliss-reactive ketones (excluding diaryl/α,β-unsaturated/α-hetero) is 1. The van der Waals surface area contributed by atoms with Crippen molar-refractivity contribution in [2.75, 3.05) is 13.1 Å². The van der Waals surface area contributed by atoms with Crippen molar-refractivity contribution in [2.24, 2.45) is 39.7 Å². The zero-order chi connectivity index (χ0) is 26.6. The van der Waals surface area contributed by atoms with Crippen LogP contribution in [-0.4, -0.2) is 59.6 Å². The molecule has 0 amide bonds. The third-order valence-corrected chi connectivity index (χ3v) is 10.2. The second-order valence-corrected chi connectivity index (χ2v) is 12.0. The molecule has 8 atom stereocenters. The number of oxime groups is 1. The number of rotatable bonds is 6. The zero-order valence-corrected chi connectivity index (χ0v) is 22.1. The largest absolute Gasteiger partial charge is 0.478 e. The number of carbonyl (C=O) groups is 3. The van der Waals surface area contributed by atoms with Crippen LogP contribution in [0.5, 0.6) is 0 Å². The SMILES string of the molecule is C[C@]12CCC(O/C=N\O[C@@H]3CCNC3)CC1CC[C@@H]1[C@@H]2CC[C@]2(C)C(=O)CC[C@@H]12.O=C(O)/C=C/C(=O)O. The Morgan fingerprint density at radius 3 is 2.41 bits per heavy atom. The highest BCUT2D eigenvalue weighted by molar-refractivity contribution is 5.89. The molecular formula is C28H42N2O7. The Balaban J connectivity index is 0.000000349. The van der Waals surface area contributed by atoms with E-state index < -0.39 is 11.9 Å². The summed E-state index contributed by atoms with van der Waals surface area (Å²) in [6.07, 6.45) is 14.7. The molecule has 0 radical (unpaired) electrons. The second-order valence-electron chi connectivity index (χ2n) is 12.0. The number of hydrogen-bond donors (Lipinski definition) is 3. The number of carboxylic acids is 2. The molecule has 206 valence electrons. The highest BCUT2D eigenvalue weighted by Gasteiger charge is 2.60. The quantitative estimate of drug-likeness (QED) is 0.208. The van der Waals surface area contributed by atoms with Crippen LogP contribution in [0.15, 0.2) is 17.3 Å². The summed E-state index contributed by atoms with van der Waals surface area (Å²) in [7, 11) is 0. The first kappa shape index (κ1) is 27.6. The van der Waals surface area contributed by atoms with Gasteiger partial charge in [-0.25, -0.2) is 9.59 Å². The lowest BCUT2D eigenvalue weighted by molar-refractivity contribution is -0.141. The molecular weight excluding hydrogens is 476 g/mol. The number of hydrogen-bond acceptors (Lipinski definition) is 7. The maximum atomic E-state index is 12.6. The minimum absolute atomic E-state index is 0.00399. The molecule has 1 aliphatic heterocycles. The van der Waals surface area contributed by atoms with Crippen molar-refractivity contribution in [1.82, 2.24) is 5.32 Å². The summed E-state index contributed by atoms with van der Waals surface area (Å²) >= 11 is 0. The van der Waals surface area contributed by atoms with Gasteiger partial charge in [-0.1, -0.05) is 19.0 Å². The highest BCUT2D eigenvalue weighted by Crippen LogP contribution is 2.65. The van der Waals surface area contributed by atoms with E-state index in [1.807, 2.05) is 0 Å². The highest BCUT2D eigenvalue weighted by atomic mass is 16.7. The molecule has 4 aliphatic carbocycles. The Bertz CT molecular complexity index is 898. The van der Waals surface area contributed by atoms with Crippen molar-refractivity contribution in [1.29, 1.82) is 0 Å². The zero-order valence-electron chi connectivity index (χ0n) is 22.1. The summed E-state index contributed by atoms with van der Waals surface area (Å²) in [5.41, 5.74) is 0.425. The van der Waals surface area contributed by atoms with Crippen molar-refractivity contribution in [3.63, 3.8) is 0 Å². The average molecular weight is 519 g/mol. The predicted octanol–water partition coefficient (Wildman–Crippen LogP) is 4.02. The molecule has 0 bridgehead atoms. The van der Waals surface area contributed by atoms with Crippen LogP contribution in [0.25, 0.3) is 0 Å². The molecule has 5 fully saturated rings. The Morgan fingerprint density at radius 2 is 1.73 bits per heavy atom. The molecule has 9 heteroatoms. The second kappa shape index (κ2) is 11.5. The van der Waals surface area contributed by atoms with E-state index in [4.69, 9.17) is 19.8 Å². The molecule has 0 aromatic carbocycles. The van der Waals surface area contributed by atoms with E-state index >= 15 is 0 Å². The molecule has 4 saturated carbocycles. The van der Waals surface area contributed by atoms with Gasteiger partial charge in [0.15, 0.2) is 0 Å². The van der Waals surface area contributed by atoms with Gasteiger partial charge in [-0.05, 0) is 87.0 Å². The van der Waals surface area contributed by atoms with Gasteiger partial charge < -0.3 is 25.1 Å². The van der Waals surface area contributed by atoms with Gasteiger partial charge in [0.2, 0.25) is 6.40 Å². The number of ether oxygens (including phenoxy) is 1. The van der Waals surface area contributed by atoms with Gasteiger partial charge >= 0.3 is 11.9 Å². The van der Waals surface area contributed by atoms with Gasteiger partial charge in [0, 0.05) is 37.0 Å². The summed E-state index contributed by atoms with van der Waals surface area (Å²) in [5, 5.41) is 23.0. The van der Waals surface area contributed by atoms with Gasteiger partial charge in [-0.3, -0.25) is 4.79 Å². The minimum Gasteiger partial charge on any atom is -0.478 e. The summed E-state index contributed by atoms with van der Waals surface area (Å²) in [6, 6.07) is 0. The van der Waals surface area contributed by atoms with Crippen LogP contribution in [0.1, 0.15) is 78.1 Å². The van der Waals surface area contributed by atoms with Crippen molar-refractivity contribution in [3.05, 3.63) is 12.2 Å². The van der Waals surface area contributed by atoms with Gasteiger partial charge in [0.25, 0.3) is 0 Å². The van der Waals surface area contributed by atoms with Crippen LogP contribution in [0.3, 0.4) is 0 Å². The Kier molecular flexibility index (Phi) is 8.61. The van der Waals surface area contributed by atoms with E-state index in [1.165, 1.54) is 25.7 Å². The third kappa shape index (κ3) is 6.02. The maximum absolute atomic E-state index is 12.6. The monoisotopic (exact) mass is 518 g/mol. The molecule has 1 heterocycles. The number of carbonyl (C=O) groups excluding carboxylic acids is 1. The van der Waals surface area contributed by atoms with Crippen LogP contribution < -0.4 is 5.32 Å². The lowest BCUT2D eigenvalue weighted by Crippen LogP contribution is -2.54. The lowest BCUT2D eigenvalue weighted by Gasteiger charge is -2.60. The van der Waals surface area contributed by atoms with Crippen LogP contribution >= 0.6 is 0 Å². The molecule has 5 aliphatic rings. The summed E-state index contributed by atoms with van der Waals surface area (Å²) in [4.78, 5) is 37.2. The van der Waals surface area contributed by atoms with E-state index in [2.05, 4.69) is 24.3 Å². The van der Waals surface area contributed by atoms with Crippen LogP contribution in [0, 0.1) is 34.5 Å². The van der Waals surface area contributed by atoms with Crippen LogP contribution in [0.4, 0.5) is 0 Å². The molecule has 0 aromatic rings. The fourth-order valence-corrected chi connectivity index (χ4v) is 8.20. The topological polar surface area (TPSA) is 135 Å². The number of ketones is 1. The first-order chi connectivity index (χ1) is 17.6. The van der Waals surface area contributed by atoms with E-state index in [1.54, 1.807) is 6.40 Å². The Morgan fingerprint density at radius 1 is 0.973 bits per heavy atom.